The van der Waals surface area contributed by atoms with Crippen LogP contribution in [0.4, 0.5) is 0 Å². The lowest BCUT2D eigenvalue weighted by atomic mass is 9.90. The van der Waals surface area contributed by atoms with Gasteiger partial charge in [-0.05, 0) is 59.0 Å². The first kappa shape index (κ1) is 17.9. The molecule has 1 fully saturated rings. The number of hydrogen-bond acceptors (Lipinski definition) is 4. The second-order valence-electron chi connectivity index (χ2n) is 6.69. The zero-order chi connectivity index (χ0) is 19.1. The van der Waals surface area contributed by atoms with Crippen molar-refractivity contribution in [2.24, 2.45) is 5.73 Å². The van der Waals surface area contributed by atoms with Crippen molar-refractivity contribution in [2.45, 2.75) is 18.8 Å². The van der Waals surface area contributed by atoms with Crippen molar-refractivity contribution in [3.63, 3.8) is 0 Å². The quantitative estimate of drug-likeness (QED) is 0.652. The Balaban J connectivity index is 1.87. The number of thiophene rings is 1. The van der Waals surface area contributed by atoms with E-state index in [0.29, 0.717) is 28.1 Å². The van der Waals surface area contributed by atoms with Gasteiger partial charge >= 0.3 is 0 Å². The van der Waals surface area contributed by atoms with Crippen molar-refractivity contribution in [2.75, 3.05) is 5.75 Å². The molecule has 0 spiro atoms. The van der Waals surface area contributed by atoms with Crippen LogP contribution in [0.2, 0.25) is 0 Å². The highest BCUT2D eigenvalue weighted by molar-refractivity contribution is 7.89. The number of aromatic nitrogens is 1. The minimum Gasteiger partial charge on any atom is -0.366 e. The number of rotatable bonds is 4. The van der Waals surface area contributed by atoms with E-state index >= 15 is 0 Å². The number of carbonyl (C=O) groups excluding carboxylic acids is 2. The van der Waals surface area contributed by atoms with Crippen molar-refractivity contribution in [3.05, 3.63) is 57.3 Å². The maximum absolute atomic E-state index is 12.0. The first-order valence-corrected chi connectivity index (χ1v) is 10.7. The van der Waals surface area contributed by atoms with Gasteiger partial charge in [-0.15, -0.1) is 11.3 Å². The lowest BCUT2D eigenvalue weighted by molar-refractivity contribution is 0.100. The van der Waals surface area contributed by atoms with Gasteiger partial charge < -0.3 is 10.7 Å². The predicted octanol–water partition coefficient (Wildman–Crippen LogP) is 3.95. The molecular formula is C20H18N2O3S2. The van der Waals surface area contributed by atoms with Crippen LogP contribution < -0.4 is 5.73 Å². The summed E-state index contributed by atoms with van der Waals surface area (Å²) in [5.74, 6) is 0.300. The molecule has 0 aliphatic carbocycles. The van der Waals surface area contributed by atoms with Gasteiger partial charge in [-0.1, -0.05) is 6.58 Å². The summed E-state index contributed by atoms with van der Waals surface area (Å²) < 4.78 is 11.9. The Morgan fingerprint density at radius 3 is 2.81 bits per heavy atom. The Labute approximate surface area is 162 Å². The summed E-state index contributed by atoms with van der Waals surface area (Å²) in [6.07, 6.45) is 4.21. The number of nitrogens with two attached hydrogens (primary N) is 1. The molecule has 2 unspecified atom stereocenters. The number of aldehydes is 1. The molecule has 27 heavy (non-hydrogen) atoms. The number of amides is 1. The van der Waals surface area contributed by atoms with Gasteiger partial charge in [-0.25, -0.2) is 0 Å². The van der Waals surface area contributed by atoms with Crippen LogP contribution >= 0.6 is 11.3 Å². The lowest BCUT2D eigenvalue weighted by Gasteiger charge is -2.23. The largest absolute Gasteiger partial charge is 0.366 e. The first-order valence-electron chi connectivity index (χ1n) is 8.53. The number of primary amides is 1. The Morgan fingerprint density at radius 1 is 1.33 bits per heavy atom. The van der Waals surface area contributed by atoms with Crippen LogP contribution in [0.5, 0.6) is 0 Å². The molecule has 1 aromatic carbocycles. The van der Waals surface area contributed by atoms with Crippen LogP contribution in [0.1, 0.15) is 44.4 Å². The maximum atomic E-state index is 12.0. The fourth-order valence-corrected chi connectivity index (χ4v) is 5.54. The minimum atomic E-state index is -0.956. The van der Waals surface area contributed by atoms with Gasteiger partial charge in [0.1, 0.15) is 0 Å². The van der Waals surface area contributed by atoms with Gasteiger partial charge in [-0.2, -0.15) is 0 Å². The SMILES string of the molecule is C=C1CC(c2c[nH]c3c(C(N)=O)cc(-c4csc(C=O)c4)cc23)CCS1=O. The topological polar surface area (TPSA) is 93.0 Å². The first-order chi connectivity index (χ1) is 13.0. The summed E-state index contributed by atoms with van der Waals surface area (Å²) in [5.41, 5.74) is 9.56. The molecule has 3 N–H and O–H groups in total. The average Bonchev–Trinajstić information content (AvgIpc) is 3.29. The molecule has 5 nitrogen and oxygen atoms in total. The van der Waals surface area contributed by atoms with Crippen molar-refractivity contribution in [1.29, 1.82) is 0 Å². The molecule has 3 aromatic rings. The smallest absolute Gasteiger partial charge is 0.250 e. The van der Waals surface area contributed by atoms with Crippen LogP contribution in [0, 0.1) is 0 Å². The number of aromatic amines is 1. The minimum absolute atomic E-state index is 0.202. The van der Waals surface area contributed by atoms with E-state index < -0.39 is 16.7 Å². The number of fused-ring (bicyclic) bond motifs is 1. The number of benzene rings is 1. The van der Waals surface area contributed by atoms with Gasteiger partial charge in [0, 0.05) is 33.0 Å². The van der Waals surface area contributed by atoms with Crippen LogP contribution in [-0.2, 0) is 10.8 Å². The fraction of sp³-hybridized carbons (Fsp3) is 0.200. The zero-order valence-electron chi connectivity index (χ0n) is 14.5. The molecule has 0 radical (unpaired) electrons. The van der Waals surface area contributed by atoms with Gasteiger partial charge in [0.15, 0.2) is 6.29 Å². The van der Waals surface area contributed by atoms with Gasteiger partial charge in [-0.3, -0.25) is 13.8 Å². The normalized spacial score (nSPS) is 20.1. The summed E-state index contributed by atoms with van der Waals surface area (Å²) in [6, 6.07) is 5.59. The van der Waals surface area contributed by atoms with E-state index in [9.17, 15) is 13.8 Å². The predicted molar refractivity (Wildman–Crippen MR) is 110 cm³/mol. The molecule has 1 saturated heterocycles. The standard InChI is InChI=1S/C20H18N2O3S2/c1-11-4-12(2-3-27(11)25)18-8-22-19-16(18)6-13(7-17(19)20(21)24)14-5-15(9-23)26-10-14/h5-10,12,22H,1-4H2,(H2,21,24). The van der Waals surface area contributed by atoms with Gasteiger partial charge in [0.25, 0.3) is 5.91 Å². The summed E-state index contributed by atoms with van der Waals surface area (Å²) in [7, 11) is -0.956. The van der Waals surface area contributed by atoms with Crippen molar-refractivity contribution in [1.82, 2.24) is 4.98 Å². The zero-order valence-corrected chi connectivity index (χ0v) is 16.1. The molecule has 2 atom stereocenters. The summed E-state index contributed by atoms with van der Waals surface area (Å²) in [5, 5.41) is 2.83. The van der Waals surface area contributed by atoms with Crippen LogP contribution in [0.15, 0.2) is 41.3 Å². The number of nitrogens with one attached hydrogen (secondary N) is 1. The Hall–Kier alpha value is -2.51. The molecular weight excluding hydrogens is 380 g/mol. The van der Waals surface area contributed by atoms with E-state index in [1.54, 1.807) is 6.07 Å². The third-order valence-corrected chi connectivity index (χ3v) is 7.32. The highest BCUT2D eigenvalue weighted by atomic mass is 32.2. The highest BCUT2D eigenvalue weighted by Gasteiger charge is 2.26. The van der Waals surface area contributed by atoms with Crippen molar-refractivity contribution < 1.29 is 13.8 Å². The summed E-state index contributed by atoms with van der Waals surface area (Å²) in [6.45, 7) is 3.94. The third kappa shape index (κ3) is 3.17. The summed E-state index contributed by atoms with van der Waals surface area (Å²) in [4.78, 5) is 27.6. The monoisotopic (exact) mass is 398 g/mol. The second-order valence-corrected chi connectivity index (χ2v) is 9.31. The van der Waals surface area contributed by atoms with Crippen LogP contribution in [-0.4, -0.2) is 27.1 Å². The molecule has 138 valence electrons. The Kier molecular flexibility index (Phi) is 4.57. The Bertz CT molecular complexity index is 1110. The molecule has 7 heteroatoms. The average molecular weight is 399 g/mol. The molecule has 2 aromatic heterocycles. The molecule has 0 saturated carbocycles. The van der Waals surface area contributed by atoms with E-state index in [1.807, 2.05) is 23.7 Å². The molecule has 0 bridgehead atoms. The maximum Gasteiger partial charge on any atom is 0.250 e. The third-order valence-electron chi connectivity index (χ3n) is 5.04. The number of allylic oxidation sites excluding steroid dienone is 1. The molecule has 1 aliphatic heterocycles. The number of carbonyl (C=O) groups is 2. The van der Waals surface area contributed by atoms with Crippen molar-refractivity contribution >= 4 is 45.2 Å². The van der Waals surface area contributed by atoms with Gasteiger partial charge in [0.05, 0.1) is 16.0 Å². The number of hydrogen-bond donors (Lipinski definition) is 2. The fourth-order valence-electron chi connectivity index (χ4n) is 3.65. The molecule has 3 heterocycles. The van der Waals surface area contributed by atoms with E-state index in [0.717, 1.165) is 39.7 Å². The second kappa shape index (κ2) is 6.90. The summed E-state index contributed by atoms with van der Waals surface area (Å²) >= 11 is 1.36. The van der Waals surface area contributed by atoms with Crippen molar-refractivity contribution in [3.8, 4) is 11.1 Å². The van der Waals surface area contributed by atoms with Gasteiger partial charge in [0.2, 0.25) is 0 Å². The van der Waals surface area contributed by atoms with E-state index in [-0.39, 0.29) is 5.92 Å². The van der Waals surface area contributed by atoms with Crippen LogP contribution in [0.25, 0.3) is 22.0 Å². The lowest BCUT2D eigenvalue weighted by Crippen LogP contribution is -2.15. The van der Waals surface area contributed by atoms with Crippen LogP contribution in [0.3, 0.4) is 0 Å². The van der Waals surface area contributed by atoms with E-state index in [1.165, 1.54) is 11.3 Å². The molecule has 4 rings (SSSR count). The molecule has 1 amide bonds. The highest BCUT2D eigenvalue weighted by Crippen LogP contribution is 2.39. The van der Waals surface area contributed by atoms with E-state index in [4.69, 9.17) is 5.73 Å². The Morgan fingerprint density at radius 2 is 2.15 bits per heavy atom. The number of H-pyrrole nitrogens is 1. The van der Waals surface area contributed by atoms with E-state index in [2.05, 4.69) is 11.6 Å². The molecule has 1 aliphatic rings.